The zero-order chi connectivity index (χ0) is 9.26. The van der Waals surface area contributed by atoms with Crippen LogP contribution in [0.5, 0.6) is 0 Å². The van der Waals surface area contributed by atoms with Gasteiger partial charge in [-0.2, -0.15) is 0 Å². The van der Waals surface area contributed by atoms with E-state index in [1.165, 1.54) is 16.2 Å². The Hall–Kier alpha value is -0.360. The van der Waals surface area contributed by atoms with Gasteiger partial charge in [-0.15, -0.1) is 23.7 Å². The second kappa shape index (κ2) is 4.93. The van der Waals surface area contributed by atoms with E-state index in [2.05, 4.69) is 9.88 Å². The number of aliphatic hydroxyl groups excluding tert-OH is 1. The topological polar surface area (TPSA) is 62.4 Å². The summed E-state index contributed by atoms with van der Waals surface area (Å²) in [7, 11) is 0. The maximum Gasteiger partial charge on any atom is 0.180 e. The van der Waals surface area contributed by atoms with E-state index >= 15 is 0 Å². The zero-order valence-electron chi connectivity index (χ0n) is 7.72. The number of hydrogen-bond donors (Lipinski definition) is 2. The molecule has 4 nitrogen and oxygen atoms in total. The van der Waals surface area contributed by atoms with Crippen molar-refractivity contribution in [2.45, 2.75) is 19.1 Å². The molecule has 1 saturated heterocycles. The van der Waals surface area contributed by atoms with Crippen molar-refractivity contribution in [3.63, 3.8) is 0 Å². The summed E-state index contributed by atoms with van der Waals surface area (Å²) in [5, 5.41) is 9.92. The summed E-state index contributed by atoms with van der Waals surface area (Å²) >= 11 is 1.52. The van der Waals surface area contributed by atoms with Crippen molar-refractivity contribution in [1.82, 2.24) is 9.88 Å². The van der Waals surface area contributed by atoms with Crippen molar-refractivity contribution in [3.8, 4) is 0 Å². The third kappa shape index (κ3) is 2.81. The molecule has 0 amide bonds. The monoisotopic (exact) mass is 235 g/mol. The number of rotatable bonds is 2. The maximum atomic E-state index is 9.30. The molecule has 1 fully saturated rings. The summed E-state index contributed by atoms with van der Waals surface area (Å²) in [4.78, 5) is 7.38. The molecule has 0 radical (unpaired) electrons. The third-order valence-corrected chi connectivity index (χ3v) is 3.01. The Kier molecular flexibility index (Phi) is 4.12. The molecular formula is C8H14ClN3OS. The number of hydrogen-bond acceptors (Lipinski definition) is 5. The van der Waals surface area contributed by atoms with Crippen LogP contribution in [0.3, 0.4) is 0 Å². The van der Waals surface area contributed by atoms with Crippen molar-refractivity contribution >= 4 is 28.9 Å². The molecule has 0 spiro atoms. The van der Waals surface area contributed by atoms with Crippen molar-refractivity contribution in [1.29, 1.82) is 0 Å². The molecule has 80 valence electrons. The molecule has 0 saturated carbocycles. The number of nitrogens with two attached hydrogens (primary N) is 1. The number of aliphatic hydroxyl groups is 1. The standard InChI is InChI=1S/C8H13N3OS.ClH/c9-8-10-3-7(13-8)5-11-2-1-6(12)4-11;/h3,6,12H,1-2,4-5H2,(H2,9,10);1H/t6-;/m0./s1. The smallest absolute Gasteiger partial charge is 0.180 e. The third-order valence-electron chi connectivity index (χ3n) is 2.20. The van der Waals surface area contributed by atoms with Gasteiger partial charge >= 0.3 is 0 Å². The fourth-order valence-corrected chi connectivity index (χ4v) is 2.30. The number of likely N-dealkylation sites (tertiary alicyclic amines) is 1. The van der Waals surface area contributed by atoms with Crippen molar-refractivity contribution < 1.29 is 5.11 Å². The zero-order valence-corrected chi connectivity index (χ0v) is 9.35. The molecule has 0 bridgehead atoms. The van der Waals surface area contributed by atoms with Crippen LogP contribution >= 0.6 is 23.7 Å². The number of aromatic nitrogens is 1. The van der Waals surface area contributed by atoms with Gasteiger partial charge < -0.3 is 10.8 Å². The van der Waals surface area contributed by atoms with E-state index < -0.39 is 0 Å². The molecule has 1 aliphatic heterocycles. The van der Waals surface area contributed by atoms with Crippen molar-refractivity contribution in [2.75, 3.05) is 18.8 Å². The Bertz CT molecular complexity index is 294. The summed E-state index contributed by atoms with van der Waals surface area (Å²) in [5.74, 6) is 0. The quantitative estimate of drug-likeness (QED) is 0.793. The molecule has 6 heteroatoms. The first-order valence-corrected chi connectivity index (χ1v) is 5.16. The number of β-amino-alcohol motifs (C(OH)–C–C–N with tert-alkyl or cyclic N) is 1. The van der Waals surface area contributed by atoms with E-state index in [9.17, 15) is 5.11 Å². The van der Waals surface area contributed by atoms with E-state index in [0.717, 1.165) is 26.1 Å². The van der Waals surface area contributed by atoms with Crippen LogP contribution in [0.4, 0.5) is 5.13 Å². The van der Waals surface area contributed by atoms with Gasteiger partial charge in [-0.3, -0.25) is 4.90 Å². The van der Waals surface area contributed by atoms with Crippen LogP contribution in [0.1, 0.15) is 11.3 Å². The second-order valence-electron chi connectivity index (χ2n) is 3.34. The van der Waals surface area contributed by atoms with Crippen LogP contribution in [0, 0.1) is 0 Å². The van der Waals surface area contributed by atoms with Gasteiger partial charge in [0.2, 0.25) is 0 Å². The summed E-state index contributed by atoms with van der Waals surface area (Å²) < 4.78 is 0. The number of halogens is 1. The number of nitrogen functional groups attached to an aromatic ring is 1. The SMILES string of the molecule is Cl.Nc1ncc(CN2CC[C@H](O)C2)s1. The minimum Gasteiger partial charge on any atom is -0.392 e. The van der Waals surface area contributed by atoms with Crippen LogP contribution < -0.4 is 5.73 Å². The lowest BCUT2D eigenvalue weighted by molar-refractivity contribution is 0.175. The van der Waals surface area contributed by atoms with E-state index in [0.29, 0.717) is 5.13 Å². The van der Waals surface area contributed by atoms with Gasteiger partial charge in [0, 0.05) is 30.7 Å². The largest absolute Gasteiger partial charge is 0.392 e. The minimum atomic E-state index is -0.148. The first-order chi connectivity index (χ1) is 6.24. The predicted molar refractivity (Wildman–Crippen MR) is 59.7 cm³/mol. The van der Waals surface area contributed by atoms with Gasteiger partial charge in [-0.1, -0.05) is 0 Å². The molecule has 2 heterocycles. The Morgan fingerprint density at radius 3 is 3.00 bits per heavy atom. The first kappa shape index (κ1) is 11.7. The van der Waals surface area contributed by atoms with E-state index in [-0.39, 0.29) is 18.5 Å². The first-order valence-electron chi connectivity index (χ1n) is 4.34. The van der Waals surface area contributed by atoms with Gasteiger partial charge in [0.1, 0.15) is 0 Å². The highest BCUT2D eigenvalue weighted by Crippen LogP contribution is 2.19. The number of nitrogens with zero attached hydrogens (tertiary/aromatic N) is 2. The average Bonchev–Trinajstić information content (AvgIpc) is 2.62. The van der Waals surface area contributed by atoms with Gasteiger partial charge in [0.25, 0.3) is 0 Å². The van der Waals surface area contributed by atoms with Crippen LogP contribution in [0.2, 0.25) is 0 Å². The molecule has 1 aromatic rings. The lowest BCUT2D eigenvalue weighted by Crippen LogP contribution is -2.20. The Balaban J connectivity index is 0.000000980. The molecular weight excluding hydrogens is 222 g/mol. The van der Waals surface area contributed by atoms with Gasteiger partial charge in [-0.25, -0.2) is 4.98 Å². The Labute approximate surface area is 93.2 Å². The molecule has 1 aromatic heterocycles. The molecule has 14 heavy (non-hydrogen) atoms. The lowest BCUT2D eigenvalue weighted by atomic mass is 10.3. The molecule has 2 rings (SSSR count). The highest BCUT2D eigenvalue weighted by atomic mass is 35.5. The Morgan fingerprint density at radius 2 is 2.50 bits per heavy atom. The summed E-state index contributed by atoms with van der Waals surface area (Å²) in [6.07, 6.45) is 2.55. The predicted octanol–water partition coefficient (Wildman–Crippen LogP) is 0.714. The Morgan fingerprint density at radius 1 is 1.71 bits per heavy atom. The molecule has 1 atom stereocenters. The van der Waals surface area contributed by atoms with Gasteiger partial charge in [-0.05, 0) is 6.42 Å². The van der Waals surface area contributed by atoms with Crippen molar-refractivity contribution in [2.24, 2.45) is 0 Å². The normalized spacial score (nSPS) is 22.2. The molecule has 0 unspecified atom stereocenters. The fourth-order valence-electron chi connectivity index (χ4n) is 1.57. The molecule has 1 aliphatic rings. The van der Waals surface area contributed by atoms with E-state index in [4.69, 9.17) is 5.73 Å². The van der Waals surface area contributed by atoms with Crippen LogP contribution in [0.25, 0.3) is 0 Å². The minimum absolute atomic E-state index is 0. The van der Waals surface area contributed by atoms with Gasteiger partial charge in [0.05, 0.1) is 6.10 Å². The second-order valence-corrected chi connectivity index (χ2v) is 4.49. The molecule has 3 N–H and O–H groups in total. The molecule has 0 aliphatic carbocycles. The highest BCUT2D eigenvalue weighted by molar-refractivity contribution is 7.15. The molecule has 0 aromatic carbocycles. The van der Waals surface area contributed by atoms with Crippen LogP contribution in [-0.4, -0.2) is 34.2 Å². The van der Waals surface area contributed by atoms with Crippen molar-refractivity contribution in [3.05, 3.63) is 11.1 Å². The van der Waals surface area contributed by atoms with Gasteiger partial charge in [0.15, 0.2) is 5.13 Å². The maximum absolute atomic E-state index is 9.30. The van der Waals surface area contributed by atoms with Crippen LogP contribution in [-0.2, 0) is 6.54 Å². The lowest BCUT2D eigenvalue weighted by Gasteiger charge is -2.12. The summed E-state index contributed by atoms with van der Waals surface area (Å²) in [6, 6.07) is 0. The number of anilines is 1. The summed E-state index contributed by atoms with van der Waals surface area (Å²) in [5.41, 5.74) is 5.52. The van der Waals surface area contributed by atoms with E-state index in [1.807, 2.05) is 6.20 Å². The summed E-state index contributed by atoms with van der Waals surface area (Å²) in [6.45, 7) is 2.61. The number of thiazole rings is 1. The average molecular weight is 236 g/mol. The highest BCUT2D eigenvalue weighted by Gasteiger charge is 2.20. The van der Waals surface area contributed by atoms with E-state index in [1.54, 1.807) is 0 Å². The fraction of sp³-hybridized carbons (Fsp3) is 0.625. The van der Waals surface area contributed by atoms with Crippen LogP contribution in [0.15, 0.2) is 6.20 Å².